The first kappa shape index (κ1) is 80.5. The first-order chi connectivity index (χ1) is 55.7. The van der Waals surface area contributed by atoms with E-state index in [4.69, 9.17) is 0 Å². The van der Waals surface area contributed by atoms with Crippen LogP contribution in [0.3, 0.4) is 0 Å². The summed E-state index contributed by atoms with van der Waals surface area (Å²) in [5.41, 5.74) is -33.9. The summed E-state index contributed by atoms with van der Waals surface area (Å²) in [7, 11) is 0. The topological polar surface area (TPSA) is 67.3 Å². The molecule has 0 radical (unpaired) electrons. The fourth-order valence-electron chi connectivity index (χ4n) is 15.5. The van der Waals surface area contributed by atoms with E-state index in [-0.39, 0.29) is 69.0 Å². The standard InChI is InChI=1S/C84H34F30N6/c85-75(86,87)40-11-19-65-55(24-40)49-3-1-2-4-63(49)118(65)69-22-38(35-115)67(32-58(69)47-13-6-42(77(91,92)93)26-60(47)82(106,107)108)117-64-18-5-37(21-54(64)56-25-41(76(88,89)90)12-20-66(56)117)53-31-57-52-17-10-46(81(103,104)105)30-73(52)120(74(57)34-62(53)84(112,113)114)70-23-39(36-116)68(33-59(70)48-14-7-43(78(94,95)96)27-61(48)83(109,110)111)119-71-28-44(79(97,98)99)8-15-50(71)51-16-9-45(29-72(51)119)80(100,101)102/h1-34H. The SMILES string of the molecule is N#Cc1cc(-n2c3ccccc3c3cc(C(F)(F)F)ccc32)c(-c2ccc(C(F)(F)F)cc2C(F)(F)F)cc1-n1c2ccc(-c3cc4c5ccc(C(F)(F)F)cc5n(-c5cc(C#N)c(-n6c7cc(C(F)(F)F)ccc7c7ccc(C(F)(F)F)cc76)cc5-c5ccc(C(F)(F)F)cc5C(F)(F)F)c4cc3C(F)(F)F)cc2c2cc(C(F)(F)F)ccc21. The molecule has 16 aromatic rings. The van der Waals surface area contributed by atoms with E-state index in [1.807, 2.05) is 6.07 Å². The number of nitriles is 2. The molecule has 4 aromatic heterocycles. The molecule has 4 heterocycles. The second-order valence-corrected chi connectivity index (χ2v) is 27.7. The Hall–Kier alpha value is -13.3. The number of nitrogens with zero attached hydrogens (tertiary/aromatic N) is 6. The van der Waals surface area contributed by atoms with Gasteiger partial charge in [0, 0.05) is 54.2 Å². The summed E-state index contributed by atoms with van der Waals surface area (Å²) >= 11 is 0. The largest absolute Gasteiger partial charge is 0.417 e. The van der Waals surface area contributed by atoms with Crippen molar-refractivity contribution >= 4 is 87.2 Å². The number of aromatic nitrogens is 4. The average Bonchev–Trinajstić information content (AvgIpc) is 1.54. The summed E-state index contributed by atoms with van der Waals surface area (Å²) < 4.78 is 456. The quantitative estimate of drug-likeness (QED) is 0.149. The van der Waals surface area contributed by atoms with Crippen molar-refractivity contribution < 1.29 is 132 Å². The van der Waals surface area contributed by atoms with Crippen molar-refractivity contribution in [2.75, 3.05) is 0 Å². The smallest absolute Gasteiger partial charge is 0.309 e. The monoisotopic (exact) mass is 1700 g/mol. The van der Waals surface area contributed by atoms with Crippen LogP contribution < -0.4 is 0 Å². The number of benzene rings is 12. The first-order valence-corrected chi connectivity index (χ1v) is 34.2. The zero-order chi connectivity index (χ0) is 86.7. The zero-order valence-electron chi connectivity index (χ0n) is 58.7. The van der Waals surface area contributed by atoms with Crippen LogP contribution in [-0.4, -0.2) is 18.3 Å². The Morgan fingerprint density at radius 3 is 0.858 bits per heavy atom. The van der Waals surface area contributed by atoms with Crippen LogP contribution in [0.1, 0.15) is 66.8 Å². The van der Waals surface area contributed by atoms with Crippen LogP contribution in [0, 0.1) is 22.7 Å². The normalized spacial score (nSPS) is 13.4. The number of alkyl halides is 30. The molecular formula is C84H34F30N6. The summed E-state index contributed by atoms with van der Waals surface area (Å²) in [5, 5.41) is 19.0. The van der Waals surface area contributed by atoms with E-state index in [9.17, 15) is 76.4 Å². The van der Waals surface area contributed by atoms with Crippen LogP contribution in [-0.2, 0) is 61.8 Å². The van der Waals surface area contributed by atoms with Crippen molar-refractivity contribution in [2.45, 2.75) is 61.8 Å². The third-order valence-corrected chi connectivity index (χ3v) is 20.7. The second-order valence-electron chi connectivity index (χ2n) is 27.7. The van der Waals surface area contributed by atoms with Crippen LogP contribution in [0.4, 0.5) is 132 Å². The van der Waals surface area contributed by atoms with Crippen molar-refractivity contribution in [3.05, 3.63) is 273 Å². The fraction of sp³-hybridized carbons (Fsp3) is 0.119. The summed E-state index contributed by atoms with van der Waals surface area (Å²) in [5.74, 6) is 0. The van der Waals surface area contributed by atoms with Crippen molar-refractivity contribution in [3.63, 3.8) is 0 Å². The lowest BCUT2D eigenvalue weighted by molar-refractivity contribution is -0.144. The first-order valence-electron chi connectivity index (χ1n) is 34.2. The van der Waals surface area contributed by atoms with E-state index in [0.717, 1.165) is 63.7 Å². The molecule has 6 nitrogen and oxygen atoms in total. The molecule has 0 saturated carbocycles. The van der Waals surface area contributed by atoms with Crippen molar-refractivity contribution in [2.24, 2.45) is 0 Å². The van der Waals surface area contributed by atoms with Crippen molar-refractivity contribution in [1.82, 2.24) is 18.3 Å². The van der Waals surface area contributed by atoms with Gasteiger partial charge < -0.3 is 18.3 Å². The lowest BCUT2D eigenvalue weighted by atomic mass is 9.93. The molecule has 0 N–H and O–H groups in total. The highest BCUT2D eigenvalue weighted by molar-refractivity contribution is 6.16. The Labute approximate surface area is 648 Å². The third kappa shape index (κ3) is 13.4. The molecule has 0 aliphatic carbocycles. The Morgan fingerprint density at radius 2 is 0.467 bits per heavy atom. The second kappa shape index (κ2) is 26.6. The molecule has 0 spiro atoms. The molecule has 120 heavy (non-hydrogen) atoms. The van der Waals surface area contributed by atoms with Gasteiger partial charge in [0.25, 0.3) is 0 Å². The minimum Gasteiger partial charge on any atom is -0.309 e. The van der Waals surface area contributed by atoms with Crippen LogP contribution in [0.2, 0.25) is 0 Å². The van der Waals surface area contributed by atoms with Crippen LogP contribution in [0.25, 0.3) is 143 Å². The van der Waals surface area contributed by atoms with E-state index in [0.29, 0.717) is 94.1 Å². The van der Waals surface area contributed by atoms with E-state index >= 15 is 65.9 Å². The van der Waals surface area contributed by atoms with Gasteiger partial charge in [0.2, 0.25) is 0 Å². The summed E-state index contributed by atoms with van der Waals surface area (Å²) in [6.45, 7) is 0. The predicted molar refractivity (Wildman–Crippen MR) is 380 cm³/mol. The lowest BCUT2D eigenvalue weighted by Gasteiger charge is -2.22. The molecule has 0 aliphatic heterocycles. The van der Waals surface area contributed by atoms with E-state index in [1.54, 1.807) is 6.07 Å². The maximum absolute atomic E-state index is 16.6. The van der Waals surface area contributed by atoms with Gasteiger partial charge >= 0.3 is 61.8 Å². The maximum atomic E-state index is 16.6. The van der Waals surface area contributed by atoms with Gasteiger partial charge in [-0.3, -0.25) is 0 Å². The number of fused-ring (bicyclic) bond motifs is 12. The third-order valence-electron chi connectivity index (χ3n) is 20.7. The predicted octanol–water partition coefficient (Wildman–Crippen LogP) is 29.0. The maximum Gasteiger partial charge on any atom is 0.417 e. The molecule has 0 amide bonds. The average molecular weight is 1700 g/mol. The van der Waals surface area contributed by atoms with Gasteiger partial charge in [-0.2, -0.15) is 142 Å². The molecule has 0 fully saturated rings. The Bertz CT molecular complexity index is 7070. The number of hydrogen-bond acceptors (Lipinski definition) is 2. The molecule has 610 valence electrons. The van der Waals surface area contributed by atoms with Gasteiger partial charge in [0.05, 0.1) is 134 Å². The van der Waals surface area contributed by atoms with Gasteiger partial charge in [-0.05, 0) is 174 Å². The Morgan fingerprint density at radius 1 is 0.192 bits per heavy atom. The van der Waals surface area contributed by atoms with E-state index in [2.05, 4.69) is 0 Å². The number of halogens is 30. The minimum absolute atomic E-state index is 0.00995. The van der Waals surface area contributed by atoms with E-state index < -0.39 is 245 Å². The molecule has 36 heteroatoms. The van der Waals surface area contributed by atoms with E-state index in [1.165, 1.54) is 24.3 Å². The fourth-order valence-corrected chi connectivity index (χ4v) is 15.5. The van der Waals surface area contributed by atoms with Gasteiger partial charge in [0.15, 0.2) is 0 Å². The van der Waals surface area contributed by atoms with Crippen LogP contribution in [0.15, 0.2) is 206 Å². The van der Waals surface area contributed by atoms with Crippen LogP contribution in [0.5, 0.6) is 0 Å². The highest BCUT2D eigenvalue weighted by Gasteiger charge is 2.45. The molecule has 0 aliphatic rings. The van der Waals surface area contributed by atoms with Gasteiger partial charge in [0.1, 0.15) is 12.1 Å². The minimum atomic E-state index is -5.99. The number of para-hydroxylation sites is 1. The highest BCUT2D eigenvalue weighted by atomic mass is 19.4. The molecule has 0 unspecified atom stereocenters. The Kier molecular flexibility index (Phi) is 17.9. The van der Waals surface area contributed by atoms with Gasteiger partial charge in [-0.15, -0.1) is 0 Å². The number of hydrogen-bond donors (Lipinski definition) is 0. The Balaban J connectivity index is 0.997. The molecule has 0 bridgehead atoms. The van der Waals surface area contributed by atoms with Crippen LogP contribution >= 0.6 is 0 Å². The molecule has 0 atom stereocenters. The van der Waals surface area contributed by atoms with Crippen molar-refractivity contribution in [1.29, 1.82) is 10.5 Å². The summed E-state index contributed by atoms with van der Waals surface area (Å²) in [4.78, 5) is 0. The molecular weight excluding hydrogens is 1660 g/mol. The highest BCUT2D eigenvalue weighted by Crippen LogP contribution is 2.54. The number of rotatable bonds is 7. The molecule has 0 saturated heterocycles. The summed E-state index contributed by atoms with van der Waals surface area (Å²) in [6.07, 6.45) is -55.1. The van der Waals surface area contributed by atoms with Gasteiger partial charge in [-0.1, -0.05) is 54.6 Å². The molecule has 12 aromatic carbocycles. The molecule has 16 rings (SSSR count). The lowest BCUT2D eigenvalue weighted by Crippen LogP contribution is -2.13. The van der Waals surface area contributed by atoms with Crippen molar-refractivity contribution in [3.8, 4) is 68.3 Å². The summed E-state index contributed by atoms with van der Waals surface area (Å²) in [6, 6.07) is 22.5. The van der Waals surface area contributed by atoms with Gasteiger partial charge in [-0.25, -0.2) is 0 Å². The zero-order valence-corrected chi connectivity index (χ0v) is 58.7.